The summed E-state index contributed by atoms with van der Waals surface area (Å²) in [5, 5.41) is 0. The van der Waals surface area contributed by atoms with E-state index in [2.05, 4.69) is 24.8 Å². The third-order valence-corrected chi connectivity index (χ3v) is 4.53. The predicted octanol–water partition coefficient (Wildman–Crippen LogP) is 2.14. The first-order chi connectivity index (χ1) is 9.28. The van der Waals surface area contributed by atoms with Crippen LogP contribution in [0.2, 0.25) is 0 Å². The Balaban J connectivity index is 1.82. The van der Waals surface area contributed by atoms with E-state index < -0.39 is 0 Å². The van der Waals surface area contributed by atoms with Crippen LogP contribution in [-0.2, 0) is 24.0 Å². The SMILES string of the molecule is CCc1cc(C)nc2c1CC(N1CCOCC1)CC2. The molecule has 1 aliphatic heterocycles. The van der Waals surface area contributed by atoms with E-state index in [0.717, 1.165) is 39.1 Å². The Hall–Kier alpha value is -0.930. The van der Waals surface area contributed by atoms with Crippen molar-refractivity contribution in [3.05, 3.63) is 28.6 Å². The van der Waals surface area contributed by atoms with Gasteiger partial charge in [0.25, 0.3) is 0 Å². The third-order valence-electron chi connectivity index (χ3n) is 4.53. The highest BCUT2D eigenvalue weighted by Gasteiger charge is 2.27. The van der Waals surface area contributed by atoms with Crippen molar-refractivity contribution < 1.29 is 4.74 Å². The summed E-state index contributed by atoms with van der Waals surface area (Å²) in [6.45, 7) is 8.37. The molecule has 3 nitrogen and oxygen atoms in total. The van der Waals surface area contributed by atoms with Crippen LogP contribution in [0, 0.1) is 6.92 Å². The Morgan fingerprint density at radius 3 is 2.89 bits per heavy atom. The Morgan fingerprint density at radius 1 is 1.37 bits per heavy atom. The van der Waals surface area contributed by atoms with Crippen LogP contribution in [0.1, 0.15) is 35.9 Å². The fourth-order valence-corrected chi connectivity index (χ4v) is 3.50. The Kier molecular flexibility index (Phi) is 3.85. The molecule has 3 rings (SSSR count). The van der Waals surface area contributed by atoms with Gasteiger partial charge in [-0.15, -0.1) is 0 Å². The zero-order valence-electron chi connectivity index (χ0n) is 12.1. The quantitative estimate of drug-likeness (QED) is 0.814. The minimum absolute atomic E-state index is 0.700. The van der Waals surface area contributed by atoms with Gasteiger partial charge in [-0.05, 0) is 49.8 Å². The maximum absolute atomic E-state index is 5.47. The fraction of sp³-hybridized carbons (Fsp3) is 0.688. The molecule has 0 N–H and O–H groups in total. The van der Waals surface area contributed by atoms with Crippen molar-refractivity contribution in [3.8, 4) is 0 Å². The van der Waals surface area contributed by atoms with Gasteiger partial charge in [0.05, 0.1) is 13.2 Å². The molecule has 0 aromatic carbocycles. The van der Waals surface area contributed by atoms with E-state index in [1.807, 2.05) is 0 Å². The summed E-state index contributed by atoms with van der Waals surface area (Å²) in [6, 6.07) is 2.98. The summed E-state index contributed by atoms with van der Waals surface area (Å²) < 4.78 is 5.47. The molecule has 1 atom stereocenters. The topological polar surface area (TPSA) is 25.4 Å². The van der Waals surface area contributed by atoms with Gasteiger partial charge in [0.1, 0.15) is 0 Å². The van der Waals surface area contributed by atoms with E-state index in [9.17, 15) is 0 Å². The van der Waals surface area contributed by atoms with E-state index in [1.54, 1.807) is 0 Å². The van der Waals surface area contributed by atoms with Gasteiger partial charge in [-0.3, -0.25) is 9.88 Å². The van der Waals surface area contributed by atoms with Crippen LogP contribution in [0.5, 0.6) is 0 Å². The number of aryl methyl sites for hydroxylation is 3. The van der Waals surface area contributed by atoms with Gasteiger partial charge in [0, 0.05) is 30.5 Å². The summed E-state index contributed by atoms with van der Waals surface area (Å²) in [5.74, 6) is 0. The number of fused-ring (bicyclic) bond motifs is 1. The smallest absolute Gasteiger partial charge is 0.0594 e. The molecule has 19 heavy (non-hydrogen) atoms. The molecule has 1 fully saturated rings. The number of ether oxygens (including phenoxy) is 1. The Bertz CT molecular complexity index is 435. The summed E-state index contributed by atoms with van der Waals surface area (Å²) in [6.07, 6.45) is 4.71. The zero-order chi connectivity index (χ0) is 13.2. The van der Waals surface area contributed by atoms with Crippen molar-refractivity contribution in [2.24, 2.45) is 0 Å². The van der Waals surface area contributed by atoms with Crippen LogP contribution >= 0.6 is 0 Å². The lowest BCUT2D eigenvalue weighted by molar-refractivity contribution is 0.0135. The average Bonchev–Trinajstić information content (AvgIpc) is 2.46. The second-order valence-electron chi connectivity index (χ2n) is 5.75. The molecule has 1 unspecified atom stereocenters. The van der Waals surface area contributed by atoms with E-state index in [-0.39, 0.29) is 0 Å². The second-order valence-corrected chi connectivity index (χ2v) is 5.75. The van der Waals surface area contributed by atoms with E-state index in [1.165, 1.54) is 35.4 Å². The predicted molar refractivity (Wildman–Crippen MR) is 76.6 cm³/mol. The highest BCUT2D eigenvalue weighted by molar-refractivity contribution is 5.35. The average molecular weight is 260 g/mol. The maximum atomic E-state index is 5.47. The van der Waals surface area contributed by atoms with Crippen LogP contribution in [-0.4, -0.2) is 42.2 Å². The molecule has 1 aliphatic carbocycles. The lowest BCUT2D eigenvalue weighted by Gasteiger charge is -2.37. The molecule has 0 radical (unpaired) electrons. The largest absolute Gasteiger partial charge is 0.379 e. The lowest BCUT2D eigenvalue weighted by Crippen LogP contribution is -2.46. The molecule has 1 aromatic heterocycles. The highest BCUT2D eigenvalue weighted by Crippen LogP contribution is 2.27. The van der Waals surface area contributed by atoms with Gasteiger partial charge < -0.3 is 4.74 Å². The van der Waals surface area contributed by atoms with Crippen molar-refractivity contribution >= 4 is 0 Å². The Morgan fingerprint density at radius 2 is 2.16 bits per heavy atom. The van der Waals surface area contributed by atoms with Gasteiger partial charge >= 0.3 is 0 Å². The van der Waals surface area contributed by atoms with Crippen LogP contribution in [0.25, 0.3) is 0 Å². The molecule has 1 saturated heterocycles. The molecule has 104 valence electrons. The third kappa shape index (κ3) is 2.67. The van der Waals surface area contributed by atoms with E-state index in [0.29, 0.717) is 6.04 Å². The van der Waals surface area contributed by atoms with Crippen LogP contribution in [0.4, 0.5) is 0 Å². The first-order valence-electron chi connectivity index (χ1n) is 7.58. The molecule has 2 aliphatic rings. The monoisotopic (exact) mass is 260 g/mol. The van der Waals surface area contributed by atoms with Gasteiger partial charge in [0.2, 0.25) is 0 Å². The van der Waals surface area contributed by atoms with Crippen molar-refractivity contribution in [2.45, 2.75) is 45.6 Å². The van der Waals surface area contributed by atoms with Gasteiger partial charge in [0.15, 0.2) is 0 Å². The number of hydrogen-bond donors (Lipinski definition) is 0. The molecule has 0 amide bonds. The van der Waals surface area contributed by atoms with Crippen molar-refractivity contribution in [1.29, 1.82) is 0 Å². The standard InChI is InChI=1S/C16H24N2O/c1-3-13-10-12(2)17-16-5-4-14(11-15(13)16)18-6-8-19-9-7-18/h10,14H,3-9,11H2,1-2H3. The Labute approximate surface area is 116 Å². The van der Waals surface area contributed by atoms with Gasteiger partial charge in [-0.2, -0.15) is 0 Å². The van der Waals surface area contributed by atoms with Crippen molar-refractivity contribution in [3.63, 3.8) is 0 Å². The number of rotatable bonds is 2. The van der Waals surface area contributed by atoms with Gasteiger partial charge in [-0.1, -0.05) is 6.92 Å². The summed E-state index contributed by atoms with van der Waals surface area (Å²) in [7, 11) is 0. The minimum Gasteiger partial charge on any atom is -0.379 e. The van der Waals surface area contributed by atoms with Gasteiger partial charge in [-0.25, -0.2) is 0 Å². The summed E-state index contributed by atoms with van der Waals surface area (Å²) in [5.41, 5.74) is 5.60. The maximum Gasteiger partial charge on any atom is 0.0594 e. The van der Waals surface area contributed by atoms with Crippen molar-refractivity contribution in [2.75, 3.05) is 26.3 Å². The molecular formula is C16H24N2O. The molecule has 3 heteroatoms. The fourth-order valence-electron chi connectivity index (χ4n) is 3.50. The summed E-state index contributed by atoms with van der Waals surface area (Å²) in [4.78, 5) is 7.38. The van der Waals surface area contributed by atoms with Crippen LogP contribution in [0.3, 0.4) is 0 Å². The van der Waals surface area contributed by atoms with E-state index >= 15 is 0 Å². The zero-order valence-corrected chi connectivity index (χ0v) is 12.1. The number of morpholine rings is 1. The molecule has 0 spiro atoms. The first kappa shape index (κ1) is 13.1. The molecular weight excluding hydrogens is 236 g/mol. The number of aromatic nitrogens is 1. The number of hydrogen-bond acceptors (Lipinski definition) is 3. The summed E-state index contributed by atoms with van der Waals surface area (Å²) >= 11 is 0. The van der Waals surface area contributed by atoms with Crippen LogP contribution in [0.15, 0.2) is 6.07 Å². The molecule has 0 bridgehead atoms. The molecule has 0 saturated carbocycles. The molecule has 2 heterocycles. The van der Waals surface area contributed by atoms with Crippen LogP contribution < -0.4 is 0 Å². The lowest BCUT2D eigenvalue weighted by atomic mass is 9.86. The second kappa shape index (κ2) is 5.59. The minimum atomic E-state index is 0.700. The molecule has 1 aromatic rings. The highest BCUT2D eigenvalue weighted by atomic mass is 16.5. The van der Waals surface area contributed by atoms with Crippen molar-refractivity contribution in [1.82, 2.24) is 9.88 Å². The number of nitrogens with zero attached hydrogens (tertiary/aromatic N) is 2. The van der Waals surface area contributed by atoms with E-state index in [4.69, 9.17) is 9.72 Å². The normalized spacial score (nSPS) is 24.2. The first-order valence-corrected chi connectivity index (χ1v) is 7.58. The number of pyridine rings is 1.